The molecule has 148 valence electrons. The Kier molecular flexibility index (Phi) is 9.97. The Morgan fingerprint density at radius 3 is 2.52 bits per heavy atom. The van der Waals surface area contributed by atoms with Crippen LogP contribution in [0.2, 0.25) is 0 Å². The van der Waals surface area contributed by atoms with Crippen LogP contribution in [0, 0.1) is 5.92 Å². The molecule has 7 heteroatoms. The largest absolute Gasteiger partial charge is 0.489 e. The fourth-order valence-corrected chi connectivity index (χ4v) is 3.16. The van der Waals surface area contributed by atoms with Gasteiger partial charge in [-0.05, 0) is 48.6 Å². The summed E-state index contributed by atoms with van der Waals surface area (Å²) in [5.74, 6) is 1.61. The molecule has 1 aromatic heterocycles. The summed E-state index contributed by atoms with van der Waals surface area (Å²) in [6.45, 7) is 0.687. The predicted molar refractivity (Wildman–Crippen MR) is 114 cm³/mol. The molecule has 0 spiro atoms. The molecule has 1 fully saturated rings. The lowest BCUT2D eigenvalue weighted by Gasteiger charge is -2.22. The summed E-state index contributed by atoms with van der Waals surface area (Å²) in [5, 5.41) is 2.86. The van der Waals surface area contributed by atoms with Crippen molar-refractivity contribution in [3.8, 4) is 5.75 Å². The number of nitrogens with zero attached hydrogens (tertiary/aromatic N) is 1. The van der Waals surface area contributed by atoms with Crippen LogP contribution < -0.4 is 15.8 Å². The van der Waals surface area contributed by atoms with E-state index in [4.69, 9.17) is 10.5 Å². The number of amides is 1. The van der Waals surface area contributed by atoms with Crippen LogP contribution in [0.5, 0.6) is 5.75 Å². The number of pyridine rings is 1. The summed E-state index contributed by atoms with van der Waals surface area (Å²) in [6.07, 6.45) is 8.28. The van der Waals surface area contributed by atoms with Gasteiger partial charge >= 0.3 is 0 Å². The van der Waals surface area contributed by atoms with Crippen molar-refractivity contribution in [3.05, 3.63) is 48.2 Å². The van der Waals surface area contributed by atoms with E-state index in [1.54, 1.807) is 18.3 Å². The smallest absolute Gasteiger partial charge is 0.230 e. The normalized spacial score (nSPS) is 13.8. The summed E-state index contributed by atoms with van der Waals surface area (Å²) in [5.41, 5.74) is 7.27. The Morgan fingerprint density at radius 2 is 1.81 bits per heavy atom. The molecule has 1 heterocycles. The molecule has 2 aromatic rings. The van der Waals surface area contributed by atoms with E-state index in [9.17, 15) is 4.79 Å². The summed E-state index contributed by atoms with van der Waals surface area (Å²) in [4.78, 5) is 16.5. The van der Waals surface area contributed by atoms with E-state index in [2.05, 4.69) is 10.3 Å². The molecule has 1 aliphatic carbocycles. The van der Waals surface area contributed by atoms with E-state index in [1.165, 1.54) is 32.1 Å². The number of nitrogen functional groups attached to an aromatic ring is 1. The molecule has 0 unspecified atom stereocenters. The van der Waals surface area contributed by atoms with Crippen molar-refractivity contribution in [2.24, 2.45) is 5.92 Å². The van der Waals surface area contributed by atoms with E-state index >= 15 is 0 Å². The van der Waals surface area contributed by atoms with E-state index in [0.717, 1.165) is 5.56 Å². The molecule has 1 aliphatic rings. The number of hydrogen-bond donors (Lipinski definition) is 2. The lowest BCUT2D eigenvalue weighted by Crippen LogP contribution is -2.18. The summed E-state index contributed by atoms with van der Waals surface area (Å²) < 4.78 is 5.95. The number of carbonyl (C=O) groups is 1. The van der Waals surface area contributed by atoms with Gasteiger partial charge in [0, 0.05) is 11.9 Å². The van der Waals surface area contributed by atoms with Gasteiger partial charge in [0.15, 0.2) is 11.6 Å². The first-order chi connectivity index (χ1) is 12.2. The number of hydrogen-bond acceptors (Lipinski definition) is 4. The maximum atomic E-state index is 12.3. The number of benzene rings is 1. The number of nitrogens with one attached hydrogen (secondary N) is 1. The molecule has 3 rings (SSSR count). The highest BCUT2D eigenvalue weighted by molar-refractivity contribution is 5.92. The van der Waals surface area contributed by atoms with Crippen molar-refractivity contribution in [2.75, 3.05) is 17.7 Å². The summed E-state index contributed by atoms with van der Waals surface area (Å²) in [6, 6.07) is 11.0. The van der Waals surface area contributed by atoms with Gasteiger partial charge < -0.3 is 15.8 Å². The lowest BCUT2D eigenvalue weighted by atomic mass is 9.90. The molecule has 27 heavy (non-hydrogen) atoms. The number of ether oxygens (including phenoxy) is 1. The number of aromatic nitrogens is 1. The van der Waals surface area contributed by atoms with E-state index in [-0.39, 0.29) is 37.1 Å². The number of anilines is 2. The molecule has 5 nitrogen and oxygen atoms in total. The zero-order valence-electron chi connectivity index (χ0n) is 15.2. The first kappa shape index (κ1) is 23.1. The first-order valence-electron chi connectivity index (χ1n) is 8.93. The Balaban J connectivity index is 0.00000182. The average Bonchev–Trinajstić information content (AvgIpc) is 2.64. The van der Waals surface area contributed by atoms with Crippen LogP contribution in [0.15, 0.2) is 42.6 Å². The molecule has 1 amide bonds. The van der Waals surface area contributed by atoms with Crippen molar-refractivity contribution in [1.82, 2.24) is 4.98 Å². The van der Waals surface area contributed by atoms with Gasteiger partial charge in [0.05, 0.1) is 13.0 Å². The molecule has 1 saturated carbocycles. The summed E-state index contributed by atoms with van der Waals surface area (Å²) in [7, 11) is 0. The van der Waals surface area contributed by atoms with Gasteiger partial charge in [0.1, 0.15) is 0 Å². The van der Waals surface area contributed by atoms with Gasteiger partial charge in [-0.1, -0.05) is 31.4 Å². The van der Waals surface area contributed by atoms with Gasteiger partial charge in [-0.25, -0.2) is 4.98 Å². The topological polar surface area (TPSA) is 77.2 Å². The third-order valence-electron chi connectivity index (χ3n) is 4.57. The van der Waals surface area contributed by atoms with Gasteiger partial charge in [-0.15, -0.1) is 24.8 Å². The molecular weight excluding hydrogens is 385 g/mol. The Hall–Kier alpha value is -1.98. The maximum Gasteiger partial charge on any atom is 0.230 e. The van der Waals surface area contributed by atoms with Crippen molar-refractivity contribution in [1.29, 1.82) is 0 Å². The second-order valence-corrected chi connectivity index (χ2v) is 6.63. The fourth-order valence-electron chi connectivity index (χ4n) is 3.16. The number of halogens is 2. The van der Waals surface area contributed by atoms with Crippen molar-refractivity contribution >= 4 is 42.2 Å². The second kappa shape index (κ2) is 11.7. The van der Waals surface area contributed by atoms with E-state index < -0.39 is 0 Å². The number of rotatable bonds is 6. The highest BCUT2D eigenvalue weighted by atomic mass is 35.5. The molecular formula is C20H27Cl2N3O2. The Morgan fingerprint density at radius 1 is 1.11 bits per heavy atom. The van der Waals surface area contributed by atoms with Gasteiger partial charge in [-0.3, -0.25) is 4.79 Å². The zero-order chi connectivity index (χ0) is 17.5. The zero-order valence-corrected chi connectivity index (χ0v) is 16.9. The molecule has 0 radical (unpaired) electrons. The highest BCUT2D eigenvalue weighted by Crippen LogP contribution is 2.27. The molecule has 3 N–H and O–H groups in total. The van der Waals surface area contributed by atoms with Crippen molar-refractivity contribution < 1.29 is 9.53 Å². The minimum atomic E-state index is -0.119. The lowest BCUT2D eigenvalue weighted by molar-refractivity contribution is -0.115. The van der Waals surface area contributed by atoms with Gasteiger partial charge in [0.25, 0.3) is 0 Å². The minimum Gasteiger partial charge on any atom is -0.489 e. The fraction of sp³-hybridized carbons (Fsp3) is 0.400. The third-order valence-corrected chi connectivity index (χ3v) is 4.57. The van der Waals surface area contributed by atoms with E-state index in [0.29, 0.717) is 29.8 Å². The van der Waals surface area contributed by atoms with Crippen LogP contribution in [0.25, 0.3) is 0 Å². The van der Waals surface area contributed by atoms with Crippen LogP contribution in [-0.4, -0.2) is 17.5 Å². The Bertz CT molecular complexity index is 705. The molecule has 0 atom stereocenters. The Labute approximate surface area is 172 Å². The van der Waals surface area contributed by atoms with Gasteiger partial charge in [-0.2, -0.15) is 0 Å². The van der Waals surface area contributed by atoms with Crippen molar-refractivity contribution in [2.45, 2.75) is 38.5 Å². The second-order valence-electron chi connectivity index (χ2n) is 6.63. The minimum absolute atomic E-state index is 0. The maximum absolute atomic E-state index is 12.3. The van der Waals surface area contributed by atoms with Crippen LogP contribution >= 0.6 is 24.8 Å². The molecule has 0 bridgehead atoms. The molecule has 1 aromatic carbocycles. The quantitative estimate of drug-likeness (QED) is 0.678. The van der Waals surface area contributed by atoms with E-state index in [1.807, 2.05) is 24.3 Å². The van der Waals surface area contributed by atoms with Crippen LogP contribution in [0.1, 0.15) is 37.7 Å². The number of nitrogens with two attached hydrogens (primary N) is 1. The summed E-state index contributed by atoms with van der Waals surface area (Å²) >= 11 is 0. The molecule has 0 aliphatic heterocycles. The van der Waals surface area contributed by atoms with Crippen LogP contribution in [0.3, 0.4) is 0 Å². The average molecular weight is 412 g/mol. The predicted octanol–water partition coefficient (Wildman–Crippen LogP) is 4.65. The third kappa shape index (κ3) is 7.27. The highest BCUT2D eigenvalue weighted by Gasteiger charge is 2.16. The van der Waals surface area contributed by atoms with Crippen LogP contribution in [0.4, 0.5) is 11.5 Å². The van der Waals surface area contributed by atoms with Crippen molar-refractivity contribution in [3.63, 3.8) is 0 Å². The van der Waals surface area contributed by atoms with Gasteiger partial charge in [0.2, 0.25) is 5.91 Å². The number of carbonyl (C=O) groups excluding carboxylic acids is 1. The first-order valence-corrected chi connectivity index (χ1v) is 8.93. The monoisotopic (exact) mass is 411 g/mol. The standard InChI is InChI=1S/C20H25N3O2.2ClH/c21-17-10-8-15(9-11-17)13-19(24)23-20-18(7-4-12-22-20)25-14-16-5-2-1-3-6-16;;/h4,7-12,16H,1-3,5-6,13-14,21H2,(H,22,23,24);2*1H. The van der Waals surface area contributed by atoms with Crippen LogP contribution in [-0.2, 0) is 11.2 Å². The molecule has 0 saturated heterocycles. The SMILES string of the molecule is Cl.Cl.Nc1ccc(CC(=O)Nc2ncccc2OCC2CCCCC2)cc1.